The third-order valence-corrected chi connectivity index (χ3v) is 5.40. The predicted molar refractivity (Wildman–Crippen MR) is 108 cm³/mol. The number of nitrogens with zero attached hydrogens (tertiary/aromatic N) is 3. The van der Waals surface area contributed by atoms with Crippen LogP contribution in [0, 0.1) is 0 Å². The number of carbonyl (C=O) groups excluding carboxylic acids is 1. The van der Waals surface area contributed by atoms with E-state index in [4.69, 9.17) is 10.5 Å². The standard InChI is InChI=1S/C20H33N5O2/c1-2-3-11-22-20-23-18(21)16-14-17(26)25(19(16)24-20)12-7-5-4-6-9-15-10-8-13-27-15/h15H,2-14H2,1H3,(H3,21,22,23,24). The fourth-order valence-electron chi connectivity index (χ4n) is 3.80. The molecule has 1 unspecified atom stereocenters. The summed E-state index contributed by atoms with van der Waals surface area (Å²) >= 11 is 0. The second kappa shape index (κ2) is 9.88. The molecule has 0 aliphatic carbocycles. The minimum Gasteiger partial charge on any atom is -0.383 e. The Morgan fingerprint density at radius 1 is 1.22 bits per heavy atom. The van der Waals surface area contributed by atoms with Crippen LogP contribution in [0.3, 0.4) is 0 Å². The normalized spacial score (nSPS) is 18.9. The minimum absolute atomic E-state index is 0.0797. The van der Waals surface area contributed by atoms with Gasteiger partial charge in [-0.05, 0) is 32.1 Å². The number of amides is 1. The van der Waals surface area contributed by atoms with Gasteiger partial charge < -0.3 is 15.8 Å². The Balaban J connectivity index is 1.47. The topological polar surface area (TPSA) is 93.4 Å². The molecule has 7 nitrogen and oxygen atoms in total. The van der Waals surface area contributed by atoms with E-state index in [1.54, 1.807) is 4.90 Å². The zero-order valence-corrected chi connectivity index (χ0v) is 16.5. The minimum atomic E-state index is 0.0797. The molecule has 0 saturated carbocycles. The summed E-state index contributed by atoms with van der Waals surface area (Å²) in [7, 11) is 0. The van der Waals surface area contributed by atoms with Crippen LogP contribution in [0.1, 0.15) is 70.3 Å². The van der Waals surface area contributed by atoms with E-state index in [1.807, 2.05) is 0 Å². The molecule has 0 spiro atoms. The van der Waals surface area contributed by atoms with Crippen molar-refractivity contribution in [3.05, 3.63) is 5.56 Å². The Morgan fingerprint density at radius 3 is 2.85 bits per heavy atom. The summed E-state index contributed by atoms with van der Waals surface area (Å²) in [5.74, 6) is 1.73. The molecule has 3 N–H and O–H groups in total. The number of unbranched alkanes of at least 4 members (excludes halogenated alkanes) is 4. The van der Waals surface area contributed by atoms with Gasteiger partial charge in [-0.3, -0.25) is 9.69 Å². The highest BCUT2D eigenvalue weighted by Crippen LogP contribution is 2.31. The van der Waals surface area contributed by atoms with Crippen molar-refractivity contribution < 1.29 is 9.53 Å². The number of nitrogens with one attached hydrogen (secondary N) is 1. The molecule has 1 aromatic heterocycles. The van der Waals surface area contributed by atoms with E-state index in [9.17, 15) is 4.79 Å². The lowest BCUT2D eigenvalue weighted by atomic mass is 10.1. The molecular formula is C20H33N5O2. The number of aromatic nitrogens is 2. The van der Waals surface area contributed by atoms with E-state index in [-0.39, 0.29) is 5.91 Å². The Labute approximate surface area is 162 Å². The van der Waals surface area contributed by atoms with Crippen LogP contribution in [-0.4, -0.2) is 41.7 Å². The van der Waals surface area contributed by atoms with Crippen LogP contribution in [0.4, 0.5) is 17.6 Å². The van der Waals surface area contributed by atoms with Crippen molar-refractivity contribution in [1.29, 1.82) is 0 Å². The SMILES string of the molecule is CCCCNc1nc(N)c2c(n1)N(CCCCCCC1CCCO1)C(=O)C2. The number of nitrogen functional groups attached to an aromatic ring is 1. The fraction of sp³-hybridized carbons (Fsp3) is 0.750. The van der Waals surface area contributed by atoms with E-state index in [2.05, 4.69) is 22.2 Å². The smallest absolute Gasteiger partial charge is 0.232 e. The van der Waals surface area contributed by atoms with Crippen molar-refractivity contribution in [3.63, 3.8) is 0 Å². The summed E-state index contributed by atoms with van der Waals surface area (Å²) in [6.07, 6.45) is 11.0. The first-order valence-electron chi connectivity index (χ1n) is 10.5. The molecule has 3 rings (SSSR count). The van der Waals surface area contributed by atoms with Gasteiger partial charge in [-0.1, -0.05) is 32.6 Å². The third kappa shape index (κ3) is 5.31. The molecule has 2 aliphatic rings. The number of fused-ring (bicyclic) bond motifs is 1. The lowest BCUT2D eigenvalue weighted by molar-refractivity contribution is -0.117. The maximum absolute atomic E-state index is 12.4. The molecule has 7 heteroatoms. The number of hydrogen-bond donors (Lipinski definition) is 2. The molecule has 2 aliphatic heterocycles. The molecule has 0 aromatic carbocycles. The molecule has 150 valence electrons. The van der Waals surface area contributed by atoms with Crippen molar-refractivity contribution in [2.45, 2.75) is 77.2 Å². The van der Waals surface area contributed by atoms with Gasteiger partial charge in [-0.15, -0.1) is 0 Å². The first-order valence-corrected chi connectivity index (χ1v) is 10.5. The van der Waals surface area contributed by atoms with Crippen molar-refractivity contribution in [2.75, 3.05) is 35.6 Å². The summed E-state index contributed by atoms with van der Waals surface area (Å²) in [6.45, 7) is 4.59. The van der Waals surface area contributed by atoms with E-state index >= 15 is 0 Å². The van der Waals surface area contributed by atoms with Gasteiger partial charge >= 0.3 is 0 Å². The van der Waals surface area contributed by atoms with Crippen LogP contribution in [0.25, 0.3) is 0 Å². The molecule has 1 saturated heterocycles. The highest BCUT2D eigenvalue weighted by Gasteiger charge is 2.31. The molecular weight excluding hydrogens is 342 g/mol. The molecule has 0 bridgehead atoms. The first kappa shape index (κ1) is 19.9. The average molecular weight is 376 g/mol. The number of anilines is 3. The predicted octanol–water partition coefficient (Wildman–Crippen LogP) is 3.29. The maximum Gasteiger partial charge on any atom is 0.232 e. The van der Waals surface area contributed by atoms with Crippen LogP contribution in [0.15, 0.2) is 0 Å². The summed E-state index contributed by atoms with van der Waals surface area (Å²) in [5.41, 5.74) is 6.85. The van der Waals surface area contributed by atoms with Gasteiger partial charge in [0.2, 0.25) is 11.9 Å². The summed E-state index contributed by atoms with van der Waals surface area (Å²) in [6, 6.07) is 0. The molecule has 3 heterocycles. The summed E-state index contributed by atoms with van der Waals surface area (Å²) in [5, 5.41) is 3.21. The second-order valence-corrected chi connectivity index (χ2v) is 7.58. The van der Waals surface area contributed by atoms with Crippen LogP contribution < -0.4 is 16.0 Å². The number of carbonyl (C=O) groups is 1. The van der Waals surface area contributed by atoms with E-state index in [1.165, 1.54) is 32.1 Å². The molecule has 27 heavy (non-hydrogen) atoms. The first-order chi connectivity index (χ1) is 13.2. The Bertz CT molecular complexity index is 631. The zero-order chi connectivity index (χ0) is 19.1. The van der Waals surface area contributed by atoms with Crippen LogP contribution >= 0.6 is 0 Å². The van der Waals surface area contributed by atoms with Gasteiger partial charge in [0.1, 0.15) is 11.6 Å². The quantitative estimate of drug-likeness (QED) is 0.577. The van der Waals surface area contributed by atoms with Gasteiger partial charge in [0.05, 0.1) is 12.5 Å². The lowest BCUT2D eigenvalue weighted by Crippen LogP contribution is -2.28. The van der Waals surface area contributed by atoms with E-state index < -0.39 is 0 Å². The van der Waals surface area contributed by atoms with Crippen LogP contribution in [0.5, 0.6) is 0 Å². The van der Waals surface area contributed by atoms with E-state index in [0.29, 0.717) is 36.7 Å². The van der Waals surface area contributed by atoms with Crippen molar-refractivity contribution in [2.24, 2.45) is 0 Å². The second-order valence-electron chi connectivity index (χ2n) is 7.58. The summed E-state index contributed by atoms with van der Waals surface area (Å²) in [4.78, 5) is 23.1. The lowest BCUT2D eigenvalue weighted by Gasteiger charge is -2.17. The number of ether oxygens (including phenoxy) is 1. The van der Waals surface area contributed by atoms with Crippen molar-refractivity contribution in [1.82, 2.24) is 9.97 Å². The molecule has 1 aromatic rings. The summed E-state index contributed by atoms with van der Waals surface area (Å²) < 4.78 is 5.67. The third-order valence-electron chi connectivity index (χ3n) is 5.40. The van der Waals surface area contributed by atoms with Crippen LogP contribution in [0.2, 0.25) is 0 Å². The fourth-order valence-corrected chi connectivity index (χ4v) is 3.80. The largest absolute Gasteiger partial charge is 0.383 e. The molecule has 1 atom stereocenters. The monoisotopic (exact) mass is 375 g/mol. The van der Waals surface area contributed by atoms with Crippen LogP contribution in [-0.2, 0) is 16.0 Å². The van der Waals surface area contributed by atoms with Gasteiger partial charge in [0, 0.05) is 25.3 Å². The Kier molecular flexibility index (Phi) is 7.26. The number of rotatable bonds is 11. The number of nitrogens with two attached hydrogens (primary N) is 1. The molecule has 1 fully saturated rings. The number of hydrogen-bond acceptors (Lipinski definition) is 6. The Hall–Kier alpha value is -1.89. The van der Waals surface area contributed by atoms with Gasteiger partial charge in [0.15, 0.2) is 0 Å². The highest BCUT2D eigenvalue weighted by molar-refractivity contribution is 6.01. The molecule has 1 amide bonds. The van der Waals surface area contributed by atoms with E-state index in [0.717, 1.165) is 44.4 Å². The van der Waals surface area contributed by atoms with Gasteiger partial charge in [-0.2, -0.15) is 9.97 Å². The maximum atomic E-state index is 12.4. The zero-order valence-electron chi connectivity index (χ0n) is 16.5. The van der Waals surface area contributed by atoms with Crippen molar-refractivity contribution >= 4 is 23.5 Å². The highest BCUT2D eigenvalue weighted by atomic mass is 16.5. The Morgan fingerprint density at radius 2 is 2.07 bits per heavy atom. The van der Waals surface area contributed by atoms with Crippen molar-refractivity contribution in [3.8, 4) is 0 Å². The van der Waals surface area contributed by atoms with Gasteiger partial charge in [0.25, 0.3) is 0 Å². The average Bonchev–Trinajstić information content (AvgIpc) is 3.27. The van der Waals surface area contributed by atoms with Gasteiger partial charge in [-0.25, -0.2) is 0 Å². The molecule has 0 radical (unpaired) electrons.